The maximum Gasteiger partial charge on any atom is 0.0642 e. The Morgan fingerprint density at radius 3 is 2.83 bits per heavy atom. The molecule has 3 heteroatoms. The van der Waals surface area contributed by atoms with E-state index in [1.807, 2.05) is 6.07 Å². The molecule has 98 valence electrons. The molecule has 2 aliphatic rings. The first-order chi connectivity index (χ1) is 8.74. The van der Waals surface area contributed by atoms with Crippen LogP contribution in [0.15, 0.2) is 18.2 Å². The molecule has 18 heavy (non-hydrogen) atoms. The van der Waals surface area contributed by atoms with Gasteiger partial charge in [0.15, 0.2) is 0 Å². The number of anilines is 1. The highest BCUT2D eigenvalue weighted by Crippen LogP contribution is 2.34. The lowest BCUT2D eigenvalue weighted by atomic mass is 10.1. The van der Waals surface area contributed by atoms with E-state index in [4.69, 9.17) is 11.6 Å². The Hall–Kier alpha value is -0.730. The van der Waals surface area contributed by atoms with E-state index >= 15 is 0 Å². The van der Waals surface area contributed by atoms with Gasteiger partial charge in [0.1, 0.15) is 0 Å². The van der Waals surface area contributed by atoms with E-state index in [-0.39, 0.29) is 0 Å². The molecule has 1 aromatic rings. The zero-order valence-corrected chi connectivity index (χ0v) is 11.7. The second kappa shape index (κ2) is 5.10. The van der Waals surface area contributed by atoms with Crippen LogP contribution in [-0.2, 0) is 6.54 Å². The normalized spacial score (nSPS) is 23.7. The third-order valence-corrected chi connectivity index (χ3v) is 4.27. The van der Waals surface area contributed by atoms with Gasteiger partial charge in [0.25, 0.3) is 0 Å². The zero-order chi connectivity index (χ0) is 12.5. The van der Waals surface area contributed by atoms with Gasteiger partial charge in [0.05, 0.1) is 10.7 Å². The summed E-state index contributed by atoms with van der Waals surface area (Å²) in [5.41, 5.74) is 2.61. The minimum Gasteiger partial charge on any atom is -0.370 e. The molecule has 1 heterocycles. The van der Waals surface area contributed by atoms with Crippen LogP contribution in [0.4, 0.5) is 5.69 Å². The van der Waals surface area contributed by atoms with Crippen LogP contribution in [0.5, 0.6) is 0 Å². The fourth-order valence-electron chi connectivity index (χ4n) is 2.74. The van der Waals surface area contributed by atoms with Crippen molar-refractivity contribution in [3.8, 4) is 0 Å². The predicted molar refractivity (Wildman–Crippen MR) is 77.3 cm³/mol. The summed E-state index contributed by atoms with van der Waals surface area (Å²) in [6, 6.07) is 7.03. The molecule has 1 aromatic carbocycles. The Morgan fingerprint density at radius 2 is 2.17 bits per heavy atom. The van der Waals surface area contributed by atoms with Crippen molar-refractivity contribution in [2.75, 3.05) is 18.0 Å². The van der Waals surface area contributed by atoms with Crippen LogP contribution < -0.4 is 10.2 Å². The molecule has 1 unspecified atom stereocenters. The third kappa shape index (κ3) is 2.65. The van der Waals surface area contributed by atoms with Gasteiger partial charge in [-0.15, -0.1) is 0 Å². The topological polar surface area (TPSA) is 15.3 Å². The SMILES string of the molecule is CC1CCN(c2c(Cl)cccc2CNC2CC2)C1. The highest BCUT2D eigenvalue weighted by Gasteiger charge is 2.24. The molecule has 1 aliphatic heterocycles. The molecule has 3 rings (SSSR count). The molecule has 2 nitrogen and oxygen atoms in total. The van der Waals surface area contributed by atoms with Crippen LogP contribution in [0.25, 0.3) is 0 Å². The molecule has 1 atom stereocenters. The van der Waals surface area contributed by atoms with Crippen molar-refractivity contribution in [3.63, 3.8) is 0 Å². The average Bonchev–Trinajstić information content (AvgIpc) is 3.09. The summed E-state index contributed by atoms with van der Waals surface area (Å²) in [6.07, 6.45) is 3.94. The van der Waals surface area contributed by atoms with Gasteiger partial charge in [-0.1, -0.05) is 30.7 Å². The summed E-state index contributed by atoms with van der Waals surface area (Å²) in [5.74, 6) is 0.783. The predicted octanol–water partition coefficient (Wildman–Crippen LogP) is 3.44. The Labute approximate surface area is 114 Å². The quantitative estimate of drug-likeness (QED) is 0.896. The lowest BCUT2D eigenvalue weighted by molar-refractivity contribution is 0.658. The molecule has 1 aliphatic carbocycles. The molecule has 0 spiro atoms. The van der Waals surface area contributed by atoms with E-state index < -0.39 is 0 Å². The van der Waals surface area contributed by atoms with Crippen LogP contribution in [0.1, 0.15) is 31.7 Å². The van der Waals surface area contributed by atoms with E-state index in [0.717, 1.165) is 36.6 Å². The minimum absolute atomic E-state index is 0.745. The van der Waals surface area contributed by atoms with Crippen molar-refractivity contribution in [3.05, 3.63) is 28.8 Å². The first kappa shape index (κ1) is 12.3. The Kier molecular flexibility index (Phi) is 3.49. The smallest absolute Gasteiger partial charge is 0.0642 e. The molecule has 1 saturated heterocycles. The fraction of sp³-hybridized carbons (Fsp3) is 0.600. The molecule has 1 saturated carbocycles. The van der Waals surface area contributed by atoms with Crippen LogP contribution in [-0.4, -0.2) is 19.1 Å². The minimum atomic E-state index is 0.745. The molecule has 0 aromatic heterocycles. The molecular formula is C15H21ClN2. The van der Waals surface area contributed by atoms with Crippen LogP contribution in [0.2, 0.25) is 5.02 Å². The summed E-state index contributed by atoms with van der Waals surface area (Å²) in [6.45, 7) is 5.55. The molecule has 1 N–H and O–H groups in total. The monoisotopic (exact) mass is 264 g/mol. The van der Waals surface area contributed by atoms with Crippen molar-refractivity contribution in [2.45, 2.75) is 38.8 Å². The number of nitrogens with zero attached hydrogens (tertiary/aromatic N) is 1. The molecule has 0 bridgehead atoms. The zero-order valence-electron chi connectivity index (χ0n) is 11.0. The fourth-order valence-corrected chi connectivity index (χ4v) is 3.05. The molecule has 0 radical (unpaired) electrons. The summed E-state index contributed by atoms with van der Waals surface area (Å²) in [4.78, 5) is 2.46. The van der Waals surface area contributed by atoms with Crippen molar-refractivity contribution < 1.29 is 0 Å². The second-order valence-electron chi connectivity index (χ2n) is 5.74. The Morgan fingerprint density at radius 1 is 1.33 bits per heavy atom. The van der Waals surface area contributed by atoms with Crippen LogP contribution >= 0.6 is 11.6 Å². The van der Waals surface area contributed by atoms with E-state index in [0.29, 0.717) is 0 Å². The van der Waals surface area contributed by atoms with Gasteiger partial charge in [0, 0.05) is 25.7 Å². The van der Waals surface area contributed by atoms with Crippen molar-refractivity contribution >= 4 is 17.3 Å². The maximum absolute atomic E-state index is 6.42. The van der Waals surface area contributed by atoms with E-state index in [9.17, 15) is 0 Å². The van der Waals surface area contributed by atoms with Gasteiger partial charge in [-0.05, 0) is 36.8 Å². The summed E-state index contributed by atoms with van der Waals surface area (Å²) < 4.78 is 0. The summed E-state index contributed by atoms with van der Waals surface area (Å²) in [5, 5.41) is 4.49. The maximum atomic E-state index is 6.42. The number of rotatable bonds is 4. The Bertz CT molecular complexity index is 429. The number of halogens is 1. The van der Waals surface area contributed by atoms with E-state index in [2.05, 4.69) is 29.3 Å². The average molecular weight is 265 g/mol. The van der Waals surface area contributed by atoms with Gasteiger partial charge in [-0.25, -0.2) is 0 Å². The highest BCUT2D eigenvalue weighted by atomic mass is 35.5. The van der Waals surface area contributed by atoms with E-state index in [1.54, 1.807) is 0 Å². The van der Waals surface area contributed by atoms with Crippen LogP contribution in [0.3, 0.4) is 0 Å². The van der Waals surface area contributed by atoms with E-state index in [1.165, 1.54) is 30.5 Å². The van der Waals surface area contributed by atoms with Gasteiger partial charge in [0.2, 0.25) is 0 Å². The lowest BCUT2D eigenvalue weighted by Gasteiger charge is -2.23. The van der Waals surface area contributed by atoms with Gasteiger partial charge in [-0.2, -0.15) is 0 Å². The first-order valence-electron chi connectivity index (χ1n) is 7.00. The first-order valence-corrected chi connectivity index (χ1v) is 7.37. The van der Waals surface area contributed by atoms with Gasteiger partial charge < -0.3 is 10.2 Å². The second-order valence-corrected chi connectivity index (χ2v) is 6.15. The number of hydrogen-bond acceptors (Lipinski definition) is 2. The van der Waals surface area contributed by atoms with Gasteiger partial charge in [-0.3, -0.25) is 0 Å². The van der Waals surface area contributed by atoms with Crippen molar-refractivity contribution in [2.24, 2.45) is 5.92 Å². The number of nitrogens with one attached hydrogen (secondary N) is 1. The number of benzene rings is 1. The largest absolute Gasteiger partial charge is 0.370 e. The molecule has 2 fully saturated rings. The van der Waals surface area contributed by atoms with Crippen molar-refractivity contribution in [1.29, 1.82) is 0 Å². The Balaban J connectivity index is 1.80. The highest BCUT2D eigenvalue weighted by molar-refractivity contribution is 6.33. The number of para-hydroxylation sites is 1. The number of hydrogen-bond donors (Lipinski definition) is 1. The van der Waals surface area contributed by atoms with Crippen LogP contribution in [0, 0.1) is 5.92 Å². The third-order valence-electron chi connectivity index (χ3n) is 3.97. The molecule has 0 amide bonds. The summed E-state index contributed by atoms with van der Waals surface area (Å²) >= 11 is 6.42. The van der Waals surface area contributed by atoms with Crippen molar-refractivity contribution in [1.82, 2.24) is 5.32 Å². The summed E-state index contributed by atoms with van der Waals surface area (Å²) in [7, 11) is 0. The lowest BCUT2D eigenvalue weighted by Crippen LogP contribution is -2.23. The molecular weight excluding hydrogens is 244 g/mol. The van der Waals surface area contributed by atoms with Gasteiger partial charge >= 0.3 is 0 Å². The standard InChI is InChI=1S/C15H21ClN2/c1-11-7-8-18(10-11)15-12(3-2-4-14(15)16)9-17-13-5-6-13/h2-4,11,13,17H,5-10H2,1H3.